The number of carbonyl (C=O) groups is 2. The second-order valence-corrected chi connectivity index (χ2v) is 7.97. The van der Waals surface area contributed by atoms with E-state index < -0.39 is 9.84 Å². The van der Waals surface area contributed by atoms with Crippen LogP contribution in [0, 0.1) is 12.8 Å². The van der Waals surface area contributed by atoms with Crippen LogP contribution in [0.15, 0.2) is 15.4 Å². The van der Waals surface area contributed by atoms with E-state index in [0.29, 0.717) is 19.5 Å². The van der Waals surface area contributed by atoms with Crippen molar-refractivity contribution in [1.29, 1.82) is 0 Å². The Morgan fingerprint density at radius 3 is 2.77 bits per heavy atom. The van der Waals surface area contributed by atoms with Crippen LogP contribution in [-0.2, 0) is 14.6 Å². The third-order valence-electron chi connectivity index (χ3n) is 4.30. The lowest BCUT2D eigenvalue weighted by molar-refractivity contribution is -0.123. The minimum Gasteiger partial charge on any atom is -0.455 e. The summed E-state index contributed by atoms with van der Waals surface area (Å²) in [4.78, 5) is 25.6. The number of hydrogen-bond donors (Lipinski definition) is 1. The zero-order valence-electron chi connectivity index (χ0n) is 12.5. The molecule has 7 nitrogen and oxygen atoms in total. The Kier molecular flexibility index (Phi) is 3.51. The first-order valence-corrected chi connectivity index (χ1v) is 9.04. The average Bonchev–Trinajstić information content (AvgIpc) is 3.00. The van der Waals surface area contributed by atoms with Crippen molar-refractivity contribution in [2.45, 2.75) is 30.7 Å². The number of fused-ring (bicyclic) bond motifs is 1. The summed E-state index contributed by atoms with van der Waals surface area (Å²) in [5, 5.41) is 2.90. The summed E-state index contributed by atoms with van der Waals surface area (Å²) in [6.07, 6.45) is 2.34. The molecule has 1 N–H and O–H groups in total. The highest BCUT2D eigenvalue weighted by Gasteiger charge is 2.39. The van der Waals surface area contributed by atoms with Crippen molar-refractivity contribution in [3.05, 3.63) is 17.6 Å². The van der Waals surface area contributed by atoms with Gasteiger partial charge in [-0.1, -0.05) is 0 Å². The topological polar surface area (TPSA) is 96.7 Å². The van der Waals surface area contributed by atoms with Crippen LogP contribution in [-0.4, -0.2) is 50.5 Å². The van der Waals surface area contributed by atoms with Gasteiger partial charge in [0.2, 0.25) is 5.91 Å². The molecule has 0 aliphatic carbocycles. The number of hydrogen-bond acceptors (Lipinski definition) is 5. The van der Waals surface area contributed by atoms with Crippen LogP contribution in [0.1, 0.15) is 29.2 Å². The van der Waals surface area contributed by atoms with E-state index in [1.54, 1.807) is 4.90 Å². The van der Waals surface area contributed by atoms with Crippen molar-refractivity contribution in [3.8, 4) is 0 Å². The van der Waals surface area contributed by atoms with Crippen LogP contribution < -0.4 is 5.32 Å². The molecule has 2 saturated heterocycles. The van der Waals surface area contributed by atoms with E-state index in [4.69, 9.17) is 4.42 Å². The maximum absolute atomic E-state index is 12.5. The number of sulfone groups is 1. The number of likely N-dealkylation sites (tertiary alicyclic amines) is 1. The Labute approximate surface area is 128 Å². The number of aryl methyl sites for hydroxylation is 1. The molecule has 3 heterocycles. The van der Waals surface area contributed by atoms with E-state index in [0.717, 1.165) is 12.7 Å². The van der Waals surface area contributed by atoms with Gasteiger partial charge in [-0.3, -0.25) is 9.59 Å². The van der Waals surface area contributed by atoms with Gasteiger partial charge in [-0.05, 0) is 19.3 Å². The molecule has 0 bridgehead atoms. The Morgan fingerprint density at radius 1 is 1.41 bits per heavy atom. The monoisotopic (exact) mass is 326 g/mol. The number of carbonyl (C=O) groups excluding carboxylic acids is 2. The van der Waals surface area contributed by atoms with Gasteiger partial charge < -0.3 is 14.6 Å². The van der Waals surface area contributed by atoms with Gasteiger partial charge in [-0.15, -0.1) is 0 Å². The van der Waals surface area contributed by atoms with Gasteiger partial charge in [0.25, 0.3) is 5.91 Å². The van der Waals surface area contributed by atoms with Gasteiger partial charge in [0.15, 0.2) is 15.6 Å². The SMILES string of the molecule is Cc1oc(C(=O)N2CC3CCC(=O)NC3C2)cc1S(C)(=O)=O. The third kappa shape index (κ3) is 2.63. The predicted molar refractivity (Wildman–Crippen MR) is 77.1 cm³/mol. The van der Waals surface area contributed by atoms with Gasteiger partial charge in [0.1, 0.15) is 10.7 Å². The molecule has 2 fully saturated rings. The van der Waals surface area contributed by atoms with Crippen molar-refractivity contribution in [2.75, 3.05) is 19.3 Å². The first-order chi connectivity index (χ1) is 10.3. The number of amides is 2. The zero-order chi connectivity index (χ0) is 16.1. The molecule has 2 unspecified atom stereocenters. The highest BCUT2D eigenvalue weighted by atomic mass is 32.2. The lowest BCUT2D eigenvalue weighted by Gasteiger charge is -2.24. The number of nitrogens with one attached hydrogen (secondary N) is 1. The molecule has 120 valence electrons. The maximum Gasteiger partial charge on any atom is 0.289 e. The molecule has 3 rings (SSSR count). The van der Waals surface area contributed by atoms with E-state index in [9.17, 15) is 18.0 Å². The highest BCUT2D eigenvalue weighted by Crippen LogP contribution is 2.28. The lowest BCUT2D eigenvalue weighted by atomic mass is 9.94. The Morgan fingerprint density at radius 2 is 2.14 bits per heavy atom. The normalized spacial score (nSPS) is 25.0. The number of nitrogens with zero attached hydrogens (tertiary/aromatic N) is 1. The molecule has 1 aromatic heterocycles. The van der Waals surface area contributed by atoms with Crippen molar-refractivity contribution in [1.82, 2.24) is 10.2 Å². The van der Waals surface area contributed by atoms with E-state index in [1.165, 1.54) is 13.0 Å². The molecular weight excluding hydrogens is 308 g/mol. The zero-order valence-corrected chi connectivity index (χ0v) is 13.3. The lowest BCUT2D eigenvalue weighted by Crippen LogP contribution is -2.44. The maximum atomic E-state index is 12.5. The molecule has 8 heteroatoms. The van der Waals surface area contributed by atoms with Crippen LogP contribution in [0.3, 0.4) is 0 Å². The Hall–Kier alpha value is -1.83. The molecule has 0 aromatic carbocycles. The molecule has 0 spiro atoms. The second kappa shape index (κ2) is 5.12. The van der Waals surface area contributed by atoms with Crippen LogP contribution in [0.2, 0.25) is 0 Å². The number of piperidine rings is 1. The van der Waals surface area contributed by atoms with Crippen LogP contribution in [0.25, 0.3) is 0 Å². The molecule has 22 heavy (non-hydrogen) atoms. The van der Waals surface area contributed by atoms with Gasteiger partial charge in [0, 0.05) is 31.8 Å². The van der Waals surface area contributed by atoms with E-state index in [1.807, 2.05) is 0 Å². The summed E-state index contributed by atoms with van der Waals surface area (Å²) in [6, 6.07) is 1.27. The fourth-order valence-electron chi connectivity index (χ4n) is 3.18. The van der Waals surface area contributed by atoms with Crippen molar-refractivity contribution in [3.63, 3.8) is 0 Å². The first kappa shape index (κ1) is 15.1. The van der Waals surface area contributed by atoms with Gasteiger partial charge >= 0.3 is 0 Å². The van der Waals surface area contributed by atoms with Crippen molar-refractivity contribution >= 4 is 21.7 Å². The Bertz CT molecular complexity index is 736. The molecule has 0 saturated carbocycles. The predicted octanol–water partition coefficient (Wildman–Crippen LogP) is 0.342. The van der Waals surface area contributed by atoms with E-state index in [-0.39, 0.29) is 40.2 Å². The summed E-state index contributed by atoms with van der Waals surface area (Å²) >= 11 is 0. The minimum absolute atomic E-state index is 0.0174. The van der Waals surface area contributed by atoms with E-state index >= 15 is 0 Å². The second-order valence-electron chi connectivity index (χ2n) is 5.99. The molecular formula is C14H18N2O5S. The fraction of sp³-hybridized carbons (Fsp3) is 0.571. The summed E-state index contributed by atoms with van der Waals surface area (Å²) in [5.41, 5.74) is 0. The third-order valence-corrected chi connectivity index (χ3v) is 5.50. The van der Waals surface area contributed by atoms with Gasteiger partial charge in [-0.2, -0.15) is 0 Å². The number of furan rings is 1. The molecule has 0 radical (unpaired) electrons. The smallest absolute Gasteiger partial charge is 0.289 e. The van der Waals surface area contributed by atoms with Crippen molar-refractivity contribution < 1.29 is 22.4 Å². The van der Waals surface area contributed by atoms with Crippen molar-refractivity contribution in [2.24, 2.45) is 5.92 Å². The van der Waals surface area contributed by atoms with Crippen LogP contribution in [0.5, 0.6) is 0 Å². The summed E-state index contributed by atoms with van der Waals surface area (Å²) in [5.74, 6) is 0.191. The first-order valence-electron chi connectivity index (χ1n) is 7.15. The largest absolute Gasteiger partial charge is 0.455 e. The molecule has 1 aromatic rings. The quantitative estimate of drug-likeness (QED) is 0.845. The summed E-state index contributed by atoms with van der Waals surface area (Å²) < 4.78 is 28.6. The van der Waals surface area contributed by atoms with Gasteiger partial charge in [0.05, 0.1) is 6.04 Å². The minimum atomic E-state index is -3.42. The van der Waals surface area contributed by atoms with E-state index in [2.05, 4.69) is 5.32 Å². The Balaban J connectivity index is 1.79. The fourth-order valence-corrected chi connectivity index (χ4v) is 4.07. The molecule has 2 aliphatic heterocycles. The van der Waals surface area contributed by atoms with Crippen LogP contribution >= 0.6 is 0 Å². The van der Waals surface area contributed by atoms with Gasteiger partial charge in [-0.25, -0.2) is 8.42 Å². The molecule has 2 aliphatic rings. The molecule has 2 atom stereocenters. The summed E-state index contributed by atoms with van der Waals surface area (Å²) in [6.45, 7) is 2.51. The average molecular weight is 326 g/mol. The molecule has 2 amide bonds. The summed E-state index contributed by atoms with van der Waals surface area (Å²) in [7, 11) is -3.42. The standard InChI is InChI=1S/C14H18N2O5S/c1-8-12(22(2,19)20)5-11(21-8)14(18)16-6-9-3-4-13(17)15-10(9)7-16/h5,9-10H,3-4,6-7H2,1-2H3,(H,15,17). The highest BCUT2D eigenvalue weighted by molar-refractivity contribution is 7.90. The van der Waals surface area contributed by atoms with Crippen LogP contribution in [0.4, 0.5) is 0 Å². The number of rotatable bonds is 2.